The number of rotatable bonds is 3. The van der Waals surface area contributed by atoms with Crippen LogP contribution in [0.25, 0.3) is 0 Å². The van der Waals surface area contributed by atoms with Crippen molar-refractivity contribution < 1.29 is 13.9 Å². The summed E-state index contributed by atoms with van der Waals surface area (Å²) in [6.07, 6.45) is 1.29. The van der Waals surface area contributed by atoms with Crippen LogP contribution >= 0.6 is 11.6 Å². The summed E-state index contributed by atoms with van der Waals surface area (Å²) in [7, 11) is -3.02. The minimum atomic E-state index is -3.02. The van der Waals surface area contributed by atoms with Crippen LogP contribution in [0, 0.1) is 10.1 Å². The molecule has 23 heavy (non-hydrogen) atoms. The average molecular weight is 354 g/mol. The molecule has 0 aliphatic carbocycles. The average Bonchev–Trinajstić information content (AvgIpc) is 2.49. The van der Waals surface area contributed by atoms with E-state index in [1.807, 2.05) is 0 Å². The number of urea groups is 1. The predicted molar refractivity (Wildman–Crippen MR) is 88.3 cm³/mol. The Morgan fingerprint density at radius 2 is 1.74 bits per heavy atom. The summed E-state index contributed by atoms with van der Waals surface area (Å²) in [6.45, 7) is 0. The number of amides is 2. The van der Waals surface area contributed by atoms with Crippen molar-refractivity contribution in [3.8, 4) is 0 Å². The zero-order valence-electron chi connectivity index (χ0n) is 11.9. The molecular weight excluding hydrogens is 342 g/mol. The van der Waals surface area contributed by atoms with Crippen LogP contribution in [0.4, 0.5) is 16.2 Å². The summed E-state index contributed by atoms with van der Waals surface area (Å²) in [5, 5.41) is 13.6. The standard InChI is InChI=1S/C14H12ClN3O4S/c1-23(22,13-8-6-12(7-9-13)18(20)21)17-14(19)16-11-4-2-10(15)3-5-11/h2-9H,1H3,(H,16,19). The van der Waals surface area contributed by atoms with Gasteiger partial charge in [0.2, 0.25) is 0 Å². The van der Waals surface area contributed by atoms with Crippen LogP contribution in [0.2, 0.25) is 5.02 Å². The van der Waals surface area contributed by atoms with Crippen LogP contribution in [0.5, 0.6) is 0 Å². The Morgan fingerprint density at radius 1 is 1.17 bits per heavy atom. The third-order valence-corrected chi connectivity index (χ3v) is 4.75. The van der Waals surface area contributed by atoms with E-state index in [1.54, 1.807) is 24.3 Å². The van der Waals surface area contributed by atoms with Crippen molar-refractivity contribution in [2.75, 3.05) is 11.6 Å². The van der Waals surface area contributed by atoms with Crippen LogP contribution in [-0.2, 0) is 9.73 Å². The van der Waals surface area contributed by atoms with Gasteiger partial charge in [0.05, 0.1) is 14.7 Å². The van der Waals surface area contributed by atoms with E-state index in [2.05, 4.69) is 9.68 Å². The zero-order chi connectivity index (χ0) is 17.0. The smallest absolute Gasteiger partial charge is 0.306 e. The number of nitro groups is 1. The van der Waals surface area contributed by atoms with Gasteiger partial charge < -0.3 is 5.32 Å². The van der Waals surface area contributed by atoms with Gasteiger partial charge in [-0.1, -0.05) is 11.6 Å². The van der Waals surface area contributed by atoms with Crippen molar-refractivity contribution >= 4 is 38.7 Å². The number of halogens is 1. The van der Waals surface area contributed by atoms with E-state index in [9.17, 15) is 19.1 Å². The van der Waals surface area contributed by atoms with Crippen LogP contribution in [-0.4, -0.2) is 21.4 Å². The lowest BCUT2D eigenvalue weighted by Gasteiger charge is -2.05. The SMILES string of the molecule is CS(=O)(=NC(=O)Nc1ccc(Cl)cc1)c1ccc([N+](=O)[O-])cc1. The van der Waals surface area contributed by atoms with Gasteiger partial charge in [-0.15, -0.1) is 4.36 Å². The molecule has 0 heterocycles. The highest BCUT2D eigenvalue weighted by Gasteiger charge is 2.12. The van der Waals surface area contributed by atoms with Gasteiger partial charge in [-0.05, 0) is 36.4 Å². The predicted octanol–water partition coefficient (Wildman–Crippen LogP) is 3.94. The molecule has 2 aromatic carbocycles. The van der Waals surface area contributed by atoms with E-state index >= 15 is 0 Å². The molecule has 0 aliphatic rings. The van der Waals surface area contributed by atoms with E-state index in [0.717, 1.165) is 0 Å². The molecule has 0 spiro atoms. The fourth-order valence-electron chi connectivity index (χ4n) is 1.71. The van der Waals surface area contributed by atoms with Gasteiger partial charge in [0.25, 0.3) is 5.69 Å². The molecule has 120 valence electrons. The lowest BCUT2D eigenvalue weighted by molar-refractivity contribution is -0.384. The van der Waals surface area contributed by atoms with Crippen molar-refractivity contribution in [3.63, 3.8) is 0 Å². The molecule has 0 saturated heterocycles. The maximum Gasteiger partial charge on any atom is 0.353 e. The molecule has 1 unspecified atom stereocenters. The lowest BCUT2D eigenvalue weighted by atomic mass is 10.3. The maximum absolute atomic E-state index is 12.5. The quantitative estimate of drug-likeness (QED) is 0.666. The third-order valence-electron chi connectivity index (χ3n) is 2.84. The van der Waals surface area contributed by atoms with Crippen molar-refractivity contribution in [2.24, 2.45) is 4.36 Å². The normalized spacial score (nSPS) is 13.0. The molecule has 2 rings (SSSR count). The first-order valence-corrected chi connectivity index (χ1v) is 8.61. The molecule has 7 nitrogen and oxygen atoms in total. The van der Waals surface area contributed by atoms with Crippen LogP contribution < -0.4 is 5.32 Å². The van der Waals surface area contributed by atoms with Crippen LogP contribution in [0.15, 0.2) is 57.8 Å². The van der Waals surface area contributed by atoms with Gasteiger partial charge in [-0.2, -0.15) is 0 Å². The fraction of sp³-hybridized carbons (Fsp3) is 0.0714. The van der Waals surface area contributed by atoms with Crippen LogP contribution in [0.3, 0.4) is 0 Å². The largest absolute Gasteiger partial charge is 0.353 e. The Bertz CT molecular complexity index is 857. The van der Waals surface area contributed by atoms with Crippen molar-refractivity contribution in [3.05, 3.63) is 63.7 Å². The fourth-order valence-corrected chi connectivity index (χ4v) is 2.95. The number of carbonyl (C=O) groups is 1. The van der Waals surface area contributed by atoms with Crippen molar-refractivity contribution in [1.82, 2.24) is 0 Å². The number of nitro benzene ring substituents is 1. The Labute approximate surface area is 137 Å². The monoisotopic (exact) mass is 353 g/mol. The van der Waals surface area contributed by atoms with E-state index in [0.29, 0.717) is 10.7 Å². The molecule has 2 aromatic rings. The molecule has 0 aliphatic heterocycles. The minimum absolute atomic E-state index is 0.130. The molecule has 0 saturated carbocycles. The van der Waals surface area contributed by atoms with E-state index in [-0.39, 0.29) is 10.6 Å². The second kappa shape index (κ2) is 6.76. The van der Waals surface area contributed by atoms with Gasteiger partial charge in [0.1, 0.15) is 0 Å². The Hall–Kier alpha value is -2.45. The molecule has 1 N–H and O–H groups in total. The summed E-state index contributed by atoms with van der Waals surface area (Å²) in [5.74, 6) is 0. The zero-order valence-corrected chi connectivity index (χ0v) is 13.5. The van der Waals surface area contributed by atoms with E-state index in [1.165, 1.54) is 30.5 Å². The van der Waals surface area contributed by atoms with Gasteiger partial charge >= 0.3 is 6.03 Å². The number of hydrogen-bond donors (Lipinski definition) is 1. The maximum atomic E-state index is 12.5. The Balaban J connectivity index is 2.21. The molecular formula is C14H12ClN3O4S. The molecule has 0 radical (unpaired) electrons. The third kappa shape index (κ3) is 4.51. The van der Waals surface area contributed by atoms with E-state index < -0.39 is 20.7 Å². The number of carbonyl (C=O) groups excluding carboxylic acids is 1. The summed E-state index contributed by atoms with van der Waals surface area (Å²) in [5.41, 5.74) is 0.330. The molecule has 2 amide bonds. The summed E-state index contributed by atoms with van der Waals surface area (Å²) >= 11 is 5.74. The molecule has 0 aromatic heterocycles. The lowest BCUT2D eigenvalue weighted by Crippen LogP contribution is -2.10. The molecule has 9 heteroatoms. The van der Waals surface area contributed by atoms with Gasteiger partial charge in [-0.3, -0.25) is 10.1 Å². The Kier molecular flexibility index (Phi) is 4.97. The number of non-ortho nitro benzene ring substituents is 1. The second-order valence-corrected chi connectivity index (χ2v) is 7.28. The number of nitrogens with zero attached hydrogens (tertiary/aromatic N) is 2. The highest BCUT2D eigenvalue weighted by molar-refractivity contribution is 7.93. The highest BCUT2D eigenvalue weighted by atomic mass is 35.5. The number of benzene rings is 2. The summed E-state index contributed by atoms with van der Waals surface area (Å²) in [6, 6.07) is 10.6. The number of anilines is 1. The van der Waals surface area contributed by atoms with Crippen molar-refractivity contribution in [2.45, 2.75) is 4.90 Å². The Morgan fingerprint density at radius 3 is 2.26 bits per heavy atom. The number of nitrogens with one attached hydrogen (secondary N) is 1. The van der Waals surface area contributed by atoms with Gasteiger partial charge in [-0.25, -0.2) is 9.00 Å². The minimum Gasteiger partial charge on any atom is -0.306 e. The summed E-state index contributed by atoms with van der Waals surface area (Å²) < 4.78 is 16.2. The highest BCUT2D eigenvalue weighted by Crippen LogP contribution is 2.18. The first kappa shape index (κ1) is 16.9. The first-order chi connectivity index (χ1) is 10.8. The second-order valence-electron chi connectivity index (χ2n) is 4.58. The molecule has 1 atom stereocenters. The first-order valence-electron chi connectivity index (χ1n) is 6.31. The van der Waals surface area contributed by atoms with Crippen molar-refractivity contribution in [1.29, 1.82) is 0 Å². The van der Waals surface area contributed by atoms with E-state index in [4.69, 9.17) is 11.6 Å². The van der Waals surface area contributed by atoms with Crippen LogP contribution in [0.1, 0.15) is 0 Å². The molecule has 0 bridgehead atoms. The summed E-state index contributed by atoms with van der Waals surface area (Å²) in [4.78, 5) is 22.1. The molecule has 0 fully saturated rings. The number of hydrogen-bond acceptors (Lipinski definition) is 4. The van der Waals surface area contributed by atoms with Gasteiger partial charge in [0.15, 0.2) is 0 Å². The van der Waals surface area contributed by atoms with Gasteiger partial charge in [0, 0.05) is 34.0 Å². The topological polar surface area (TPSA) is 102 Å².